The van der Waals surface area contributed by atoms with Crippen LogP contribution in [-0.2, 0) is 14.9 Å². The summed E-state index contributed by atoms with van der Waals surface area (Å²) in [5.41, 5.74) is 8.16. The molecule has 32 heavy (non-hydrogen) atoms. The summed E-state index contributed by atoms with van der Waals surface area (Å²) >= 11 is 0. The number of benzene rings is 2. The van der Waals surface area contributed by atoms with Crippen molar-refractivity contribution in [2.24, 2.45) is 5.73 Å². The van der Waals surface area contributed by atoms with Gasteiger partial charge >= 0.3 is 5.97 Å². The smallest absolute Gasteiger partial charge is 0.338 e. The summed E-state index contributed by atoms with van der Waals surface area (Å²) in [5, 5.41) is 9.74. The number of amides is 1. The first kappa shape index (κ1) is 20.0. The lowest BCUT2D eigenvalue weighted by Crippen LogP contribution is -2.38. The van der Waals surface area contributed by atoms with Gasteiger partial charge < -0.3 is 20.2 Å². The molecule has 1 amide bonds. The van der Waals surface area contributed by atoms with E-state index in [1.54, 1.807) is 24.3 Å². The van der Waals surface area contributed by atoms with E-state index in [1.165, 1.54) is 6.07 Å². The maximum Gasteiger partial charge on any atom is 0.338 e. The molecule has 8 heteroatoms. The third-order valence-electron chi connectivity index (χ3n) is 6.20. The lowest BCUT2D eigenvalue weighted by atomic mass is 9.70. The molecule has 1 saturated heterocycles. The number of ketones is 1. The predicted octanol–water partition coefficient (Wildman–Crippen LogP) is 2.56. The van der Waals surface area contributed by atoms with E-state index in [9.17, 15) is 19.6 Å². The highest BCUT2D eigenvalue weighted by Crippen LogP contribution is 2.44. The minimum Gasteiger partial charge on any atom is -0.454 e. The van der Waals surface area contributed by atoms with E-state index in [-0.39, 0.29) is 23.0 Å². The number of carbonyl (C=O) groups excluding carboxylic acids is 3. The van der Waals surface area contributed by atoms with E-state index in [4.69, 9.17) is 15.2 Å². The van der Waals surface area contributed by atoms with Gasteiger partial charge in [-0.1, -0.05) is 13.8 Å². The number of aromatic nitrogens is 1. The second kappa shape index (κ2) is 6.77. The first-order chi connectivity index (χ1) is 15.2. The van der Waals surface area contributed by atoms with Crippen LogP contribution in [0.4, 0.5) is 0 Å². The number of rotatable bonds is 3. The molecular formula is C24H19N3O5. The van der Waals surface area contributed by atoms with Crippen molar-refractivity contribution in [3.05, 3.63) is 69.4 Å². The summed E-state index contributed by atoms with van der Waals surface area (Å²) < 4.78 is 10.4. The number of ether oxygens (including phenoxy) is 2. The van der Waals surface area contributed by atoms with Crippen molar-refractivity contribution in [1.82, 2.24) is 4.98 Å². The number of nitrogens with one attached hydrogen (secondary N) is 1. The lowest BCUT2D eigenvalue weighted by molar-refractivity contribution is -0.103. The molecule has 0 saturated carbocycles. The first-order valence-electron chi connectivity index (χ1n) is 10.1. The summed E-state index contributed by atoms with van der Waals surface area (Å²) in [6.45, 7) is 4.62. The van der Waals surface area contributed by atoms with Crippen molar-refractivity contribution in [3.8, 4) is 6.07 Å². The Bertz CT molecular complexity index is 1390. The molecule has 8 nitrogen and oxygen atoms in total. The van der Waals surface area contributed by atoms with Crippen LogP contribution >= 0.6 is 0 Å². The van der Waals surface area contributed by atoms with Crippen LogP contribution in [0.25, 0.3) is 10.9 Å². The number of nitrogens with zero attached hydrogens (tertiary/aromatic N) is 1. The maximum atomic E-state index is 13.5. The van der Waals surface area contributed by atoms with Crippen LogP contribution in [0.5, 0.6) is 0 Å². The van der Waals surface area contributed by atoms with Gasteiger partial charge in [0, 0.05) is 27.6 Å². The summed E-state index contributed by atoms with van der Waals surface area (Å²) in [6, 6.07) is 9.87. The minimum absolute atomic E-state index is 0.118. The van der Waals surface area contributed by atoms with Gasteiger partial charge in [0.15, 0.2) is 5.78 Å². The standard InChI is InChI=1S/C24H19N3O5/c1-24(2)16-7-12(23(30)32-13-9-31-10-13)3-4-14(16)20(28)19-18-15(22(26)29)5-11(8-25)6-17(18)27-21(19)24/h3-7,13,27H,9-10H2,1-2H3,(H2,26,29). The Balaban J connectivity index is 1.69. The van der Waals surface area contributed by atoms with Gasteiger partial charge in [0.2, 0.25) is 5.91 Å². The van der Waals surface area contributed by atoms with E-state index >= 15 is 0 Å². The molecule has 0 bridgehead atoms. The molecule has 160 valence electrons. The van der Waals surface area contributed by atoms with Gasteiger partial charge in [-0.2, -0.15) is 5.26 Å². The highest BCUT2D eigenvalue weighted by molar-refractivity contribution is 6.23. The SMILES string of the molecule is CC1(C)c2cc(C(=O)OC3COC3)ccc2C(=O)c2c1[nH]c1cc(C#N)cc(C(N)=O)c21. The number of hydrogen-bond donors (Lipinski definition) is 2. The first-order valence-corrected chi connectivity index (χ1v) is 10.1. The largest absolute Gasteiger partial charge is 0.454 e. The molecule has 5 rings (SSSR count). The highest BCUT2D eigenvalue weighted by atomic mass is 16.6. The predicted molar refractivity (Wildman–Crippen MR) is 114 cm³/mol. The maximum absolute atomic E-state index is 13.5. The third kappa shape index (κ3) is 2.75. The van der Waals surface area contributed by atoms with E-state index in [0.29, 0.717) is 52.1 Å². The van der Waals surface area contributed by atoms with E-state index < -0.39 is 17.3 Å². The molecule has 3 aromatic rings. The van der Waals surface area contributed by atoms with Crippen LogP contribution in [0.2, 0.25) is 0 Å². The summed E-state index contributed by atoms with van der Waals surface area (Å²) in [7, 11) is 0. The van der Waals surface area contributed by atoms with Crippen molar-refractivity contribution < 1.29 is 23.9 Å². The van der Waals surface area contributed by atoms with Crippen LogP contribution in [-0.4, -0.2) is 42.0 Å². The number of H-pyrrole nitrogens is 1. The molecular weight excluding hydrogens is 410 g/mol. The fourth-order valence-electron chi connectivity index (χ4n) is 4.44. The van der Waals surface area contributed by atoms with Crippen LogP contribution in [0.3, 0.4) is 0 Å². The molecule has 1 fully saturated rings. The zero-order chi connectivity index (χ0) is 22.8. The molecule has 2 aromatic carbocycles. The Morgan fingerprint density at radius 1 is 1.25 bits per heavy atom. The van der Waals surface area contributed by atoms with Gasteiger partial charge in [0.05, 0.1) is 41.5 Å². The van der Waals surface area contributed by atoms with Crippen LogP contribution in [0.1, 0.15) is 67.3 Å². The summed E-state index contributed by atoms with van der Waals surface area (Å²) in [5.74, 6) is -1.47. The Kier molecular flexibility index (Phi) is 4.23. The zero-order valence-electron chi connectivity index (χ0n) is 17.4. The van der Waals surface area contributed by atoms with Crippen molar-refractivity contribution in [2.45, 2.75) is 25.4 Å². The molecule has 2 aliphatic rings. The zero-order valence-corrected chi connectivity index (χ0v) is 17.4. The molecule has 0 atom stereocenters. The Labute approximate surface area is 182 Å². The van der Waals surface area contributed by atoms with Crippen molar-refractivity contribution in [3.63, 3.8) is 0 Å². The normalized spacial score (nSPS) is 16.6. The number of hydrogen-bond acceptors (Lipinski definition) is 6. The monoisotopic (exact) mass is 429 g/mol. The number of fused-ring (bicyclic) bond motifs is 4. The van der Waals surface area contributed by atoms with Gasteiger partial charge in [-0.05, 0) is 35.9 Å². The van der Waals surface area contributed by atoms with Gasteiger partial charge in [-0.25, -0.2) is 4.79 Å². The van der Waals surface area contributed by atoms with Gasteiger partial charge in [-0.15, -0.1) is 0 Å². The lowest BCUT2D eigenvalue weighted by Gasteiger charge is -2.32. The average Bonchev–Trinajstić information content (AvgIpc) is 3.14. The number of primary amides is 1. The fraction of sp³-hybridized carbons (Fsp3) is 0.250. The highest BCUT2D eigenvalue weighted by Gasteiger charge is 2.41. The van der Waals surface area contributed by atoms with E-state index in [2.05, 4.69) is 4.98 Å². The van der Waals surface area contributed by atoms with Crippen LogP contribution < -0.4 is 5.73 Å². The minimum atomic E-state index is -0.719. The Morgan fingerprint density at radius 2 is 2.00 bits per heavy atom. The molecule has 1 aromatic heterocycles. The van der Waals surface area contributed by atoms with Crippen molar-refractivity contribution in [2.75, 3.05) is 13.2 Å². The molecule has 1 aliphatic heterocycles. The van der Waals surface area contributed by atoms with E-state index in [0.717, 1.165) is 0 Å². The number of nitriles is 1. The second-order valence-electron chi connectivity index (χ2n) is 8.58. The summed E-state index contributed by atoms with van der Waals surface area (Å²) in [6.07, 6.45) is -0.255. The number of aromatic amines is 1. The van der Waals surface area contributed by atoms with Gasteiger partial charge in [0.1, 0.15) is 6.10 Å². The second-order valence-corrected chi connectivity index (χ2v) is 8.58. The Hall–Kier alpha value is -3.96. The molecule has 3 N–H and O–H groups in total. The topological polar surface area (TPSA) is 135 Å². The molecule has 0 spiro atoms. The van der Waals surface area contributed by atoms with Gasteiger partial charge in [-0.3, -0.25) is 9.59 Å². The molecule has 0 unspecified atom stereocenters. The molecule has 1 aliphatic carbocycles. The van der Waals surface area contributed by atoms with Crippen molar-refractivity contribution >= 4 is 28.6 Å². The number of nitrogens with two attached hydrogens (primary N) is 1. The van der Waals surface area contributed by atoms with Crippen LogP contribution in [0.15, 0.2) is 30.3 Å². The fourth-order valence-corrected chi connectivity index (χ4v) is 4.44. The van der Waals surface area contributed by atoms with E-state index in [1.807, 2.05) is 19.9 Å². The van der Waals surface area contributed by atoms with Gasteiger partial charge in [0.25, 0.3) is 0 Å². The quantitative estimate of drug-likeness (QED) is 0.614. The van der Waals surface area contributed by atoms with Crippen LogP contribution in [0, 0.1) is 11.3 Å². The molecule has 0 radical (unpaired) electrons. The third-order valence-corrected chi connectivity index (χ3v) is 6.20. The van der Waals surface area contributed by atoms with Crippen molar-refractivity contribution in [1.29, 1.82) is 5.26 Å². The number of esters is 1. The average molecular weight is 429 g/mol. The number of carbonyl (C=O) groups is 3. The molecule has 2 heterocycles. The summed E-state index contributed by atoms with van der Waals surface area (Å²) in [4.78, 5) is 41.5. The Morgan fingerprint density at radius 3 is 2.62 bits per heavy atom.